The Morgan fingerprint density at radius 1 is 1.15 bits per heavy atom. The number of hydrogen-bond donors (Lipinski definition) is 2. The molecule has 40 heavy (non-hydrogen) atoms. The number of aromatic carboxylic acids is 1. The highest BCUT2D eigenvalue weighted by Gasteiger charge is 2.37. The molecule has 2 fully saturated rings. The summed E-state index contributed by atoms with van der Waals surface area (Å²) in [4.78, 5) is 33.7. The third-order valence-electron chi connectivity index (χ3n) is 7.76. The van der Waals surface area contributed by atoms with Crippen molar-refractivity contribution in [1.29, 1.82) is 0 Å². The summed E-state index contributed by atoms with van der Waals surface area (Å²) in [6.07, 6.45) is 9.62. The van der Waals surface area contributed by atoms with Gasteiger partial charge in [-0.15, -0.1) is 11.3 Å². The van der Waals surface area contributed by atoms with Gasteiger partial charge < -0.3 is 10.0 Å². The lowest BCUT2D eigenvalue weighted by Crippen LogP contribution is -2.49. The molecule has 2 aromatic rings. The van der Waals surface area contributed by atoms with E-state index in [2.05, 4.69) is 34.3 Å². The lowest BCUT2D eigenvalue weighted by molar-refractivity contribution is -0.124. The van der Waals surface area contributed by atoms with E-state index in [9.17, 15) is 18.9 Å². The summed E-state index contributed by atoms with van der Waals surface area (Å²) in [5.41, 5.74) is 0.239. The fraction of sp³-hybridized carbons (Fsp3) is 0.548. The van der Waals surface area contributed by atoms with E-state index in [0.717, 1.165) is 37.0 Å². The summed E-state index contributed by atoms with van der Waals surface area (Å²) in [5, 5.41) is 10.1. The Morgan fingerprint density at radius 3 is 2.40 bits per heavy atom. The maximum Gasteiger partial charge on any atom is 0.348 e. The minimum absolute atomic E-state index is 0.0234. The standard InChI is InChI=1S/C31H41N3O4S2/c1-21-8-10-22(11-9-21)29(35)34(27-19-25(16-17-31(2,3)4)39-28(27)30(36)37)24-14-12-23(13-15-24)33-40(5,38)26-7-6-18-32-20-26/h6-7,18-24H,5,8-15H2,1-4H3,(H,33,38)(H,36,37). The highest BCUT2D eigenvalue weighted by atomic mass is 32.2. The second kappa shape index (κ2) is 12.5. The molecule has 4 rings (SSSR count). The van der Waals surface area contributed by atoms with Crippen LogP contribution < -0.4 is 9.62 Å². The van der Waals surface area contributed by atoms with Crippen LogP contribution >= 0.6 is 11.3 Å². The first-order valence-electron chi connectivity index (χ1n) is 14.1. The van der Waals surface area contributed by atoms with E-state index in [-0.39, 0.29) is 34.2 Å². The number of carboxylic acids is 1. The zero-order valence-corrected chi connectivity index (χ0v) is 25.6. The van der Waals surface area contributed by atoms with Gasteiger partial charge in [-0.3, -0.25) is 9.78 Å². The topological polar surface area (TPSA) is 99.6 Å². The Bertz CT molecular complexity index is 1370. The SMILES string of the molecule is C=S(=O)(NC1CCC(N(C(=O)C2CCC(C)CC2)c2cc(C#CC(C)(C)C)sc2C(=O)O)CC1)c1cccnc1. The molecule has 2 aliphatic rings. The number of anilines is 1. The number of rotatable bonds is 7. The van der Waals surface area contributed by atoms with Crippen molar-refractivity contribution in [2.45, 2.75) is 96.0 Å². The molecule has 1 unspecified atom stereocenters. The normalized spacial score (nSPS) is 24.8. The van der Waals surface area contributed by atoms with E-state index < -0.39 is 15.7 Å². The van der Waals surface area contributed by atoms with Crippen LogP contribution in [0, 0.1) is 29.1 Å². The number of thiophene rings is 1. The van der Waals surface area contributed by atoms with Crippen molar-refractivity contribution in [2.75, 3.05) is 4.90 Å². The zero-order valence-electron chi connectivity index (χ0n) is 23.9. The Kier molecular flexibility index (Phi) is 9.44. The molecule has 0 radical (unpaired) electrons. The van der Waals surface area contributed by atoms with Crippen LogP contribution in [0.5, 0.6) is 0 Å². The summed E-state index contributed by atoms with van der Waals surface area (Å²) >= 11 is 1.14. The lowest BCUT2D eigenvalue weighted by Gasteiger charge is -2.40. The number of hydrogen-bond acceptors (Lipinski definition) is 5. The maximum atomic E-state index is 14.1. The van der Waals surface area contributed by atoms with E-state index in [1.807, 2.05) is 20.8 Å². The number of nitrogens with one attached hydrogen (secondary N) is 1. The summed E-state index contributed by atoms with van der Waals surface area (Å²) in [5.74, 6) is 9.75. The molecule has 0 aliphatic heterocycles. The van der Waals surface area contributed by atoms with Crippen LogP contribution in [0.3, 0.4) is 0 Å². The molecule has 2 aromatic heterocycles. The van der Waals surface area contributed by atoms with Gasteiger partial charge in [0, 0.05) is 35.8 Å². The van der Waals surface area contributed by atoms with Gasteiger partial charge in [0.05, 0.1) is 25.2 Å². The predicted molar refractivity (Wildman–Crippen MR) is 163 cm³/mol. The minimum atomic E-state index is -2.71. The van der Waals surface area contributed by atoms with Crippen molar-refractivity contribution in [3.63, 3.8) is 0 Å². The Labute approximate surface area is 242 Å². The minimum Gasteiger partial charge on any atom is -0.477 e. The molecule has 0 saturated heterocycles. The number of carbonyl (C=O) groups excluding carboxylic acids is 1. The highest BCUT2D eigenvalue weighted by molar-refractivity contribution is 7.98. The van der Waals surface area contributed by atoms with Crippen molar-refractivity contribution in [3.8, 4) is 11.8 Å². The quantitative estimate of drug-likeness (QED) is 0.308. The molecule has 9 heteroatoms. The van der Waals surface area contributed by atoms with Gasteiger partial charge in [0.15, 0.2) is 0 Å². The fourth-order valence-corrected chi connectivity index (χ4v) is 7.84. The van der Waals surface area contributed by atoms with Crippen LogP contribution in [-0.4, -0.2) is 44.1 Å². The number of carbonyl (C=O) groups is 2. The third kappa shape index (κ3) is 7.54. The number of nitrogens with zero attached hydrogens (tertiary/aromatic N) is 2. The Hall–Kier alpha value is -2.67. The summed E-state index contributed by atoms with van der Waals surface area (Å²) in [7, 11) is -2.71. The van der Waals surface area contributed by atoms with Gasteiger partial charge >= 0.3 is 5.97 Å². The van der Waals surface area contributed by atoms with E-state index in [0.29, 0.717) is 47.1 Å². The van der Waals surface area contributed by atoms with E-state index in [1.165, 1.54) is 0 Å². The first-order valence-corrected chi connectivity index (χ1v) is 16.7. The molecule has 0 bridgehead atoms. The molecule has 216 valence electrons. The number of pyridine rings is 1. The molecule has 7 nitrogen and oxygen atoms in total. The van der Waals surface area contributed by atoms with Gasteiger partial charge in [-0.05, 0) is 102 Å². The molecule has 2 aliphatic carbocycles. The van der Waals surface area contributed by atoms with Gasteiger partial charge in [0.2, 0.25) is 5.91 Å². The van der Waals surface area contributed by atoms with E-state index >= 15 is 0 Å². The fourth-order valence-electron chi connectivity index (χ4n) is 5.55. The third-order valence-corrected chi connectivity index (χ3v) is 10.5. The monoisotopic (exact) mass is 583 g/mol. The summed E-state index contributed by atoms with van der Waals surface area (Å²) in [6.45, 7) is 8.26. The molecule has 2 N–H and O–H groups in total. The Balaban J connectivity index is 1.60. The summed E-state index contributed by atoms with van der Waals surface area (Å²) in [6, 6.07) is 5.14. The molecule has 1 amide bonds. The average molecular weight is 584 g/mol. The van der Waals surface area contributed by atoms with Gasteiger partial charge in [0.25, 0.3) is 0 Å². The maximum absolute atomic E-state index is 14.1. The van der Waals surface area contributed by atoms with Crippen molar-refractivity contribution in [3.05, 3.63) is 40.3 Å². The number of aromatic nitrogens is 1. The first-order chi connectivity index (χ1) is 18.8. The Morgan fingerprint density at radius 2 is 1.82 bits per heavy atom. The zero-order chi connectivity index (χ0) is 29.1. The first kappa shape index (κ1) is 30.3. The smallest absolute Gasteiger partial charge is 0.348 e. The largest absolute Gasteiger partial charge is 0.477 e. The number of amides is 1. The van der Waals surface area contributed by atoms with Crippen LogP contribution in [0.1, 0.15) is 93.6 Å². The van der Waals surface area contributed by atoms with Crippen LogP contribution in [0.4, 0.5) is 5.69 Å². The molecule has 2 heterocycles. The van der Waals surface area contributed by atoms with Crippen molar-refractivity contribution in [2.24, 2.45) is 17.3 Å². The van der Waals surface area contributed by atoms with E-state index in [4.69, 9.17) is 0 Å². The molecular formula is C31H41N3O4S2. The van der Waals surface area contributed by atoms with Crippen molar-refractivity contribution >= 4 is 44.5 Å². The molecule has 0 spiro atoms. The predicted octanol–water partition coefficient (Wildman–Crippen LogP) is 5.99. The highest BCUT2D eigenvalue weighted by Crippen LogP contribution is 2.39. The van der Waals surface area contributed by atoms with Crippen molar-refractivity contribution < 1.29 is 18.9 Å². The van der Waals surface area contributed by atoms with Gasteiger partial charge in [-0.1, -0.05) is 18.8 Å². The van der Waals surface area contributed by atoms with Crippen LogP contribution in [0.25, 0.3) is 0 Å². The molecule has 1 atom stereocenters. The van der Waals surface area contributed by atoms with Crippen LogP contribution in [0.15, 0.2) is 35.5 Å². The second-order valence-electron chi connectivity index (χ2n) is 12.3. The average Bonchev–Trinajstić information content (AvgIpc) is 3.33. The molecule has 2 saturated carbocycles. The molecular weight excluding hydrogens is 542 g/mol. The van der Waals surface area contributed by atoms with Gasteiger partial charge in [0.1, 0.15) is 4.88 Å². The molecule has 0 aromatic carbocycles. The van der Waals surface area contributed by atoms with Crippen LogP contribution in [0.2, 0.25) is 0 Å². The second-order valence-corrected chi connectivity index (χ2v) is 15.4. The van der Waals surface area contributed by atoms with E-state index in [1.54, 1.807) is 35.5 Å². The van der Waals surface area contributed by atoms with Gasteiger partial charge in [-0.25, -0.2) is 13.7 Å². The van der Waals surface area contributed by atoms with Crippen molar-refractivity contribution in [1.82, 2.24) is 9.71 Å². The number of carboxylic acid groups (broad SMARTS) is 1. The summed E-state index contributed by atoms with van der Waals surface area (Å²) < 4.78 is 16.5. The van der Waals surface area contributed by atoms with Gasteiger partial charge in [-0.2, -0.15) is 0 Å². The van der Waals surface area contributed by atoms with Crippen LogP contribution in [-0.2, 0) is 14.5 Å². The lowest BCUT2D eigenvalue weighted by atomic mass is 9.81.